The van der Waals surface area contributed by atoms with Crippen LogP contribution in [0.25, 0.3) is 11.1 Å². The third-order valence-corrected chi connectivity index (χ3v) is 6.81. The number of amides is 1. The average molecular weight is 505 g/mol. The van der Waals surface area contributed by atoms with Crippen molar-refractivity contribution in [1.29, 1.82) is 0 Å². The fourth-order valence-electron chi connectivity index (χ4n) is 3.47. The predicted octanol–water partition coefficient (Wildman–Crippen LogP) is 4.52. The van der Waals surface area contributed by atoms with Crippen molar-refractivity contribution in [2.75, 3.05) is 10.5 Å². The predicted molar refractivity (Wildman–Crippen MR) is 126 cm³/mol. The van der Waals surface area contributed by atoms with Crippen molar-refractivity contribution in [2.45, 2.75) is 19.9 Å². The Kier molecular flexibility index (Phi) is 6.63. The molecule has 4 rings (SSSR count). The van der Waals surface area contributed by atoms with Gasteiger partial charge in [0.2, 0.25) is 10.0 Å². The normalized spacial score (nSPS) is 12.8. The van der Waals surface area contributed by atoms with Gasteiger partial charge in [-0.2, -0.15) is 0 Å². The number of halogens is 3. The van der Waals surface area contributed by atoms with Gasteiger partial charge in [0.25, 0.3) is 5.91 Å². The van der Waals surface area contributed by atoms with E-state index >= 15 is 0 Å². The van der Waals surface area contributed by atoms with Gasteiger partial charge >= 0.3 is 0 Å². The minimum atomic E-state index is -3.84. The summed E-state index contributed by atoms with van der Waals surface area (Å²) in [5.41, 5.74) is 1.25. The highest BCUT2D eigenvalue weighted by atomic mass is 35.5. The summed E-state index contributed by atoms with van der Waals surface area (Å²) < 4.78 is 55.4. The van der Waals surface area contributed by atoms with Crippen molar-refractivity contribution in [2.24, 2.45) is 4.99 Å². The van der Waals surface area contributed by atoms with Crippen LogP contribution in [0.15, 0.2) is 53.7 Å². The van der Waals surface area contributed by atoms with Crippen LogP contribution in [0.2, 0.25) is 5.02 Å². The molecule has 0 fully saturated rings. The van der Waals surface area contributed by atoms with E-state index in [1.54, 1.807) is 31.3 Å². The smallest absolute Gasteiger partial charge is 0.262 e. The molecule has 11 heteroatoms. The van der Waals surface area contributed by atoms with Crippen LogP contribution in [0.4, 0.5) is 14.5 Å². The average Bonchev–Trinajstić information content (AvgIpc) is 3.18. The molecule has 1 aromatic heterocycles. The SMILES string of the molecule is CCCS(=O)(=O)Nc1ccc(F)c(C(=O)NC2=NCc3ncc(-c4ccc(Cl)cc4)cc32)c1F. The molecule has 2 aromatic carbocycles. The number of hydrogen-bond donors (Lipinski definition) is 2. The van der Waals surface area contributed by atoms with E-state index in [1.165, 1.54) is 0 Å². The fraction of sp³-hybridized carbons (Fsp3) is 0.174. The van der Waals surface area contributed by atoms with Gasteiger partial charge in [-0.3, -0.25) is 19.5 Å². The molecule has 2 heterocycles. The number of carbonyl (C=O) groups is 1. The van der Waals surface area contributed by atoms with Crippen molar-refractivity contribution in [1.82, 2.24) is 10.3 Å². The maximum absolute atomic E-state index is 15.0. The van der Waals surface area contributed by atoms with Crippen LogP contribution in [0, 0.1) is 11.6 Å². The van der Waals surface area contributed by atoms with Crippen molar-refractivity contribution < 1.29 is 22.0 Å². The third-order valence-electron chi connectivity index (χ3n) is 5.08. The molecule has 0 saturated heterocycles. The second kappa shape index (κ2) is 9.47. The lowest BCUT2D eigenvalue weighted by molar-refractivity contribution is 0.0969. The molecule has 0 unspecified atom stereocenters. The molecular formula is C23H19ClF2N4O3S. The summed E-state index contributed by atoms with van der Waals surface area (Å²) in [7, 11) is -3.84. The quantitative estimate of drug-likeness (QED) is 0.515. The Bertz CT molecular complexity index is 1410. The summed E-state index contributed by atoms with van der Waals surface area (Å²) in [6, 6.07) is 10.6. The minimum absolute atomic E-state index is 0.110. The van der Waals surface area contributed by atoms with Gasteiger partial charge in [0.15, 0.2) is 5.82 Å². The van der Waals surface area contributed by atoms with Gasteiger partial charge in [0.1, 0.15) is 17.2 Å². The lowest BCUT2D eigenvalue weighted by atomic mass is 10.0. The number of carbonyl (C=O) groups excluding carboxylic acids is 1. The van der Waals surface area contributed by atoms with Gasteiger partial charge in [0, 0.05) is 22.3 Å². The second-order valence-electron chi connectivity index (χ2n) is 7.55. The number of hydrogen-bond acceptors (Lipinski definition) is 5. The number of pyridine rings is 1. The Hall–Kier alpha value is -3.37. The minimum Gasteiger partial charge on any atom is -0.306 e. The highest BCUT2D eigenvalue weighted by Crippen LogP contribution is 2.26. The van der Waals surface area contributed by atoms with E-state index in [9.17, 15) is 22.0 Å². The third kappa shape index (κ3) is 4.92. The summed E-state index contributed by atoms with van der Waals surface area (Å²) in [4.78, 5) is 21.4. The molecule has 34 heavy (non-hydrogen) atoms. The van der Waals surface area contributed by atoms with Crippen molar-refractivity contribution in [3.8, 4) is 11.1 Å². The molecule has 0 bridgehead atoms. The zero-order valence-electron chi connectivity index (χ0n) is 17.9. The largest absolute Gasteiger partial charge is 0.306 e. The number of nitrogens with one attached hydrogen (secondary N) is 2. The number of nitrogens with zero attached hydrogens (tertiary/aromatic N) is 2. The lowest BCUT2D eigenvalue weighted by Crippen LogP contribution is -2.32. The summed E-state index contributed by atoms with van der Waals surface area (Å²) >= 11 is 5.94. The van der Waals surface area contributed by atoms with E-state index in [4.69, 9.17) is 11.6 Å². The van der Waals surface area contributed by atoms with Gasteiger partial charge in [-0.15, -0.1) is 0 Å². The van der Waals surface area contributed by atoms with Crippen LogP contribution in [-0.2, 0) is 16.6 Å². The molecule has 2 N–H and O–H groups in total. The standard InChI is InChI=1S/C23H19ClF2N4O3S/c1-2-9-34(32,33)30-18-8-7-17(25)20(21(18)26)23(31)29-22-16-10-14(11-27-19(16)12-28-22)13-3-5-15(24)6-4-13/h3-8,10-11,30H,2,9,12H2,1H3,(H,28,29,31). The molecule has 0 saturated carbocycles. The fourth-order valence-corrected chi connectivity index (χ4v) is 4.73. The zero-order chi connectivity index (χ0) is 24.5. The summed E-state index contributed by atoms with van der Waals surface area (Å²) in [5, 5.41) is 3.01. The Labute approximate surface area is 200 Å². The summed E-state index contributed by atoms with van der Waals surface area (Å²) in [6.45, 7) is 1.83. The summed E-state index contributed by atoms with van der Waals surface area (Å²) in [5.74, 6) is -3.69. The molecule has 3 aromatic rings. The molecule has 0 aliphatic carbocycles. The first-order valence-electron chi connectivity index (χ1n) is 10.3. The Balaban J connectivity index is 1.61. The van der Waals surface area contributed by atoms with Gasteiger partial charge in [0.05, 0.1) is 23.7 Å². The number of benzene rings is 2. The van der Waals surface area contributed by atoms with E-state index in [2.05, 4.69) is 15.3 Å². The number of rotatable bonds is 6. The number of sulfonamides is 1. The molecular weight excluding hydrogens is 486 g/mol. The topological polar surface area (TPSA) is 101 Å². The van der Waals surface area contributed by atoms with E-state index in [0.29, 0.717) is 22.7 Å². The van der Waals surface area contributed by atoms with Gasteiger partial charge in [-0.1, -0.05) is 30.7 Å². The van der Waals surface area contributed by atoms with Gasteiger partial charge < -0.3 is 5.32 Å². The Morgan fingerprint density at radius 1 is 1.12 bits per heavy atom. The Morgan fingerprint density at radius 2 is 1.85 bits per heavy atom. The van der Waals surface area contributed by atoms with E-state index in [-0.39, 0.29) is 18.1 Å². The van der Waals surface area contributed by atoms with Crippen LogP contribution in [0.1, 0.15) is 35.0 Å². The summed E-state index contributed by atoms with van der Waals surface area (Å²) in [6.07, 6.45) is 1.96. The molecule has 176 valence electrons. The number of fused-ring (bicyclic) bond motifs is 1. The highest BCUT2D eigenvalue weighted by Gasteiger charge is 2.26. The van der Waals surface area contributed by atoms with Gasteiger partial charge in [-0.25, -0.2) is 17.2 Å². The highest BCUT2D eigenvalue weighted by molar-refractivity contribution is 7.92. The van der Waals surface area contributed by atoms with E-state index < -0.39 is 38.8 Å². The number of aromatic nitrogens is 1. The van der Waals surface area contributed by atoms with Gasteiger partial charge in [-0.05, 0) is 42.3 Å². The van der Waals surface area contributed by atoms with Crippen molar-refractivity contribution >= 4 is 39.1 Å². The van der Waals surface area contributed by atoms with Crippen LogP contribution >= 0.6 is 11.6 Å². The molecule has 1 amide bonds. The van der Waals surface area contributed by atoms with Crippen LogP contribution < -0.4 is 10.0 Å². The lowest BCUT2D eigenvalue weighted by Gasteiger charge is -2.13. The van der Waals surface area contributed by atoms with Crippen molar-refractivity contribution in [3.63, 3.8) is 0 Å². The van der Waals surface area contributed by atoms with E-state index in [0.717, 1.165) is 23.3 Å². The second-order valence-corrected chi connectivity index (χ2v) is 9.83. The molecule has 1 aliphatic rings. The van der Waals surface area contributed by atoms with Crippen LogP contribution in [-0.4, -0.2) is 30.9 Å². The first kappa shape index (κ1) is 23.8. The molecule has 1 aliphatic heterocycles. The molecule has 0 spiro atoms. The maximum atomic E-state index is 15.0. The number of amidine groups is 1. The number of aliphatic imine (C=N–C) groups is 1. The Morgan fingerprint density at radius 3 is 2.56 bits per heavy atom. The first-order chi connectivity index (χ1) is 16.2. The molecule has 0 radical (unpaired) electrons. The molecule has 7 nitrogen and oxygen atoms in total. The first-order valence-corrected chi connectivity index (χ1v) is 12.3. The van der Waals surface area contributed by atoms with Crippen molar-refractivity contribution in [3.05, 3.63) is 82.1 Å². The zero-order valence-corrected chi connectivity index (χ0v) is 19.5. The maximum Gasteiger partial charge on any atom is 0.262 e. The monoisotopic (exact) mass is 504 g/mol. The van der Waals surface area contributed by atoms with Crippen LogP contribution in [0.3, 0.4) is 0 Å². The van der Waals surface area contributed by atoms with Crippen LogP contribution in [0.5, 0.6) is 0 Å². The molecule has 0 atom stereocenters. The number of anilines is 1. The van der Waals surface area contributed by atoms with E-state index in [1.807, 2.05) is 16.9 Å².